The summed E-state index contributed by atoms with van der Waals surface area (Å²) in [5, 5.41) is 9.40. The fourth-order valence-electron chi connectivity index (χ4n) is 3.69. The van der Waals surface area contributed by atoms with Gasteiger partial charge in [-0.2, -0.15) is 18.3 Å². The lowest BCUT2D eigenvalue weighted by atomic mass is 9.87. The lowest BCUT2D eigenvalue weighted by molar-refractivity contribution is -0.137. The van der Waals surface area contributed by atoms with Gasteiger partial charge in [-0.15, -0.1) is 0 Å². The van der Waals surface area contributed by atoms with Crippen molar-refractivity contribution in [3.8, 4) is 11.5 Å². The zero-order valence-corrected chi connectivity index (χ0v) is 17.2. The summed E-state index contributed by atoms with van der Waals surface area (Å²) in [4.78, 5) is 12.0. The largest absolute Gasteiger partial charge is 0.496 e. The molecule has 1 aromatic heterocycles. The quantitative estimate of drug-likeness (QED) is 0.474. The highest BCUT2D eigenvalue weighted by Gasteiger charge is 2.32. The van der Waals surface area contributed by atoms with E-state index in [-0.39, 0.29) is 30.6 Å². The number of nitrogens with one attached hydrogen (secondary N) is 2. The molecule has 3 aromatic rings. The number of aromatic amines is 1. The SMILES string of the molecule is COc1cc(C2CC(=O)Nc3n[nH]cc32)ccc1COc1cc(C(F)F)cc(C(F)(F)F)c1. The molecule has 6 nitrogen and oxygen atoms in total. The van der Waals surface area contributed by atoms with Crippen molar-refractivity contribution in [2.75, 3.05) is 12.4 Å². The Bertz CT molecular complexity index is 1180. The van der Waals surface area contributed by atoms with E-state index in [2.05, 4.69) is 15.5 Å². The Morgan fingerprint density at radius 1 is 1.18 bits per heavy atom. The highest BCUT2D eigenvalue weighted by Crippen LogP contribution is 2.38. The van der Waals surface area contributed by atoms with E-state index >= 15 is 0 Å². The number of aromatic nitrogens is 2. The van der Waals surface area contributed by atoms with Crippen molar-refractivity contribution in [3.63, 3.8) is 0 Å². The molecule has 0 spiro atoms. The molecule has 33 heavy (non-hydrogen) atoms. The molecule has 0 radical (unpaired) electrons. The maximum atomic E-state index is 13.1. The summed E-state index contributed by atoms with van der Waals surface area (Å²) >= 11 is 0. The van der Waals surface area contributed by atoms with Crippen molar-refractivity contribution in [1.29, 1.82) is 0 Å². The van der Waals surface area contributed by atoms with E-state index in [1.54, 1.807) is 24.4 Å². The van der Waals surface area contributed by atoms with Gasteiger partial charge in [0.05, 0.1) is 12.7 Å². The molecule has 1 aliphatic heterocycles. The number of H-pyrrole nitrogens is 1. The molecule has 2 N–H and O–H groups in total. The number of alkyl halides is 5. The van der Waals surface area contributed by atoms with Gasteiger partial charge in [0, 0.05) is 35.2 Å². The predicted molar refractivity (Wildman–Crippen MR) is 107 cm³/mol. The standard InChI is InChI=1S/C22H18F5N3O3/c1-32-18-6-11(16-8-19(31)29-21-17(16)9-28-30-21)2-3-12(18)10-33-15-5-13(20(23)24)4-14(7-15)22(25,26)27/h2-7,9,16,20H,8,10H2,1H3,(H2,28,29,30,31). The van der Waals surface area contributed by atoms with Crippen LogP contribution in [0.4, 0.5) is 27.8 Å². The third-order valence-corrected chi connectivity index (χ3v) is 5.31. The van der Waals surface area contributed by atoms with Crippen LogP contribution < -0.4 is 14.8 Å². The minimum absolute atomic E-state index is 0.189. The van der Waals surface area contributed by atoms with Crippen molar-refractivity contribution in [2.24, 2.45) is 0 Å². The van der Waals surface area contributed by atoms with Gasteiger partial charge in [-0.05, 0) is 29.8 Å². The van der Waals surface area contributed by atoms with Gasteiger partial charge in [0.15, 0.2) is 5.82 Å². The molecule has 1 atom stereocenters. The fraction of sp³-hybridized carbons (Fsp3) is 0.273. The van der Waals surface area contributed by atoms with Crippen LogP contribution in [-0.4, -0.2) is 23.2 Å². The number of hydrogen-bond donors (Lipinski definition) is 2. The number of nitrogens with zero attached hydrogens (tertiary/aromatic N) is 1. The summed E-state index contributed by atoms with van der Waals surface area (Å²) in [5.74, 6) is 0.0311. The normalized spacial score (nSPS) is 15.8. The van der Waals surface area contributed by atoms with E-state index in [1.165, 1.54) is 7.11 Å². The van der Waals surface area contributed by atoms with Gasteiger partial charge in [-0.1, -0.05) is 12.1 Å². The molecule has 4 rings (SSSR count). The lowest BCUT2D eigenvalue weighted by Gasteiger charge is -2.23. The molecule has 1 aliphatic rings. The highest BCUT2D eigenvalue weighted by molar-refractivity contribution is 5.94. The Morgan fingerprint density at radius 3 is 2.67 bits per heavy atom. The summed E-state index contributed by atoms with van der Waals surface area (Å²) in [7, 11) is 1.42. The van der Waals surface area contributed by atoms with Crippen LogP contribution in [0.15, 0.2) is 42.6 Å². The van der Waals surface area contributed by atoms with Crippen LogP contribution in [0.25, 0.3) is 0 Å². The molecular weight excluding hydrogens is 449 g/mol. The second kappa shape index (κ2) is 8.72. The van der Waals surface area contributed by atoms with Crippen molar-refractivity contribution in [1.82, 2.24) is 10.2 Å². The third kappa shape index (κ3) is 4.76. The van der Waals surface area contributed by atoms with Crippen molar-refractivity contribution >= 4 is 11.7 Å². The van der Waals surface area contributed by atoms with Crippen molar-refractivity contribution in [3.05, 3.63) is 70.4 Å². The maximum Gasteiger partial charge on any atom is 0.416 e. The summed E-state index contributed by atoms with van der Waals surface area (Å²) in [6, 6.07) is 7.06. The Hall–Kier alpha value is -3.63. The van der Waals surface area contributed by atoms with E-state index in [0.717, 1.165) is 17.2 Å². The first kappa shape index (κ1) is 22.6. The molecule has 0 saturated heterocycles. The zero-order chi connectivity index (χ0) is 23.8. The molecule has 174 valence electrons. The van der Waals surface area contributed by atoms with E-state index in [9.17, 15) is 26.7 Å². The second-order valence-corrected chi connectivity index (χ2v) is 7.44. The number of methoxy groups -OCH3 is 1. The maximum absolute atomic E-state index is 13.1. The first-order chi connectivity index (χ1) is 15.7. The first-order valence-corrected chi connectivity index (χ1v) is 9.79. The van der Waals surface area contributed by atoms with Crippen molar-refractivity contribution in [2.45, 2.75) is 31.5 Å². The summed E-state index contributed by atoms with van der Waals surface area (Å²) in [5.41, 5.74) is 0.0685. The predicted octanol–water partition coefficient (Wildman–Crippen LogP) is 5.43. The molecular formula is C22H18F5N3O3. The van der Waals surface area contributed by atoms with E-state index in [0.29, 0.717) is 29.3 Å². The molecule has 2 heterocycles. The molecule has 0 aliphatic carbocycles. The lowest BCUT2D eigenvalue weighted by Crippen LogP contribution is -2.23. The van der Waals surface area contributed by atoms with Crippen LogP contribution >= 0.6 is 0 Å². The molecule has 0 bridgehead atoms. The summed E-state index contributed by atoms with van der Waals surface area (Å²) in [6.07, 6.45) is -5.98. The second-order valence-electron chi connectivity index (χ2n) is 7.44. The van der Waals surface area contributed by atoms with Gasteiger partial charge in [0.2, 0.25) is 5.91 Å². The van der Waals surface area contributed by atoms with Gasteiger partial charge in [0.1, 0.15) is 18.1 Å². The van der Waals surface area contributed by atoms with Crippen LogP contribution in [0, 0.1) is 0 Å². The molecule has 11 heteroatoms. The van der Waals surface area contributed by atoms with Crippen LogP contribution in [0.1, 0.15) is 46.6 Å². The molecule has 1 amide bonds. The topological polar surface area (TPSA) is 76.2 Å². The van der Waals surface area contributed by atoms with Crippen LogP contribution in [-0.2, 0) is 17.6 Å². The Morgan fingerprint density at radius 2 is 1.97 bits per heavy atom. The fourth-order valence-corrected chi connectivity index (χ4v) is 3.69. The number of carbonyl (C=O) groups is 1. The van der Waals surface area contributed by atoms with Gasteiger partial charge in [-0.3, -0.25) is 9.89 Å². The van der Waals surface area contributed by atoms with Gasteiger partial charge in [-0.25, -0.2) is 8.78 Å². The minimum atomic E-state index is -4.79. The van der Waals surface area contributed by atoms with Crippen LogP contribution in [0.2, 0.25) is 0 Å². The number of ether oxygens (including phenoxy) is 2. The van der Waals surface area contributed by atoms with E-state index < -0.39 is 23.7 Å². The Kier molecular flexibility index (Phi) is 5.96. The smallest absolute Gasteiger partial charge is 0.416 e. The number of amides is 1. The third-order valence-electron chi connectivity index (χ3n) is 5.31. The first-order valence-electron chi connectivity index (χ1n) is 9.79. The highest BCUT2D eigenvalue weighted by atomic mass is 19.4. The number of hydrogen-bond acceptors (Lipinski definition) is 4. The van der Waals surface area contributed by atoms with Crippen LogP contribution in [0.3, 0.4) is 0 Å². The monoisotopic (exact) mass is 467 g/mol. The van der Waals surface area contributed by atoms with Crippen LogP contribution in [0.5, 0.6) is 11.5 Å². The number of halogens is 5. The molecule has 2 aromatic carbocycles. The molecule has 1 unspecified atom stereocenters. The minimum Gasteiger partial charge on any atom is -0.496 e. The average Bonchev–Trinajstić information content (AvgIpc) is 3.24. The number of fused-ring (bicyclic) bond motifs is 1. The van der Waals surface area contributed by atoms with E-state index in [1.807, 2.05) is 0 Å². The van der Waals surface area contributed by atoms with Gasteiger partial charge < -0.3 is 14.8 Å². The van der Waals surface area contributed by atoms with Gasteiger partial charge >= 0.3 is 6.18 Å². The Labute approximate surface area is 184 Å². The molecule has 0 saturated carbocycles. The number of anilines is 1. The average molecular weight is 467 g/mol. The van der Waals surface area contributed by atoms with Gasteiger partial charge in [0.25, 0.3) is 6.43 Å². The molecule has 0 fully saturated rings. The zero-order valence-electron chi connectivity index (χ0n) is 17.2. The summed E-state index contributed by atoms with van der Waals surface area (Å²) in [6.45, 7) is -0.213. The number of benzene rings is 2. The van der Waals surface area contributed by atoms with E-state index in [4.69, 9.17) is 9.47 Å². The number of carbonyl (C=O) groups excluding carboxylic acids is 1. The summed E-state index contributed by atoms with van der Waals surface area (Å²) < 4.78 is 76.1. The van der Waals surface area contributed by atoms with Crippen molar-refractivity contribution < 1.29 is 36.2 Å². The Balaban J connectivity index is 1.58. The number of rotatable bonds is 6.